The van der Waals surface area contributed by atoms with E-state index >= 15 is 0 Å². The summed E-state index contributed by atoms with van der Waals surface area (Å²) in [6.07, 6.45) is 0.543. The number of aryl methyl sites for hydroxylation is 1. The van der Waals surface area contributed by atoms with Gasteiger partial charge in [0.15, 0.2) is 5.82 Å². The van der Waals surface area contributed by atoms with E-state index < -0.39 is 5.97 Å². The van der Waals surface area contributed by atoms with E-state index in [0.29, 0.717) is 12.0 Å². The number of nitrogens with zero attached hydrogens (tertiary/aromatic N) is 1. The van der Waals surface area contributed by atoms with Crippen molar-refractivity contribution in [3.63, 3.8) is 0 Å². The number of benzene rings is 1. The van der Waals surface area contributed by atoms with Crippen molar-refractivity contribution in [1.29, 1.82) is 0 Å². The first-order valence-corrected chi connectivity index (χ1v) is 5.91. The fraction of sp³-hybridized carbons (Fsp3) is 0.154. The maximum atomic E-state index is 11.7. The van der Waals surface area contributed by atoms with E-state index in [-0.39, 0.29) is 29.6 Å². The topological polar surface area (TPSA) is 115 Å². The summed E-state index contributed by atoms with van der Waals surface area (Å²) < 4.78 is 0. The predicted molar refractivity (Wildman–Crippen MR) is 70.6 cm³/mol. The van der Waals surface area contributed by atoms with Crippen LogP contribution in [0.5, 0.6) is 5.75 Å². The molecule has 0 saturated heterocycles. The molecule has 1 aromatic carbocycles. The summed E-state index contributed by atoms with van der Waals surface area (Å²) in [6, 6.07) is 8.01. The number of amides is 1. The monoisotopic (exact) mass is 275 g/mol. The fourth-order valence-corrected chi connectivity index (χ4v) is 1.67. The van der Waals surface area contributed by atoms with Crippen LogP contribution in [-0.4, -0.2) is 32.3 Å². The van der Waals surface area contributed by atoms with Crippen molar-refractivity contribution in [1.82, 2.24) is 10.2 Å². The summed E-state index contributed by atoms with van der Waals surface area (Å²) in [5, 5.41) is 26.7. The standard InChI is InChI=1S/C13H13N3O4/c17-10-4-2-1-3-8(10)5-6-12(18)14-11-7-9(13(19)20)15-16-11/h1-4,7,17H,5-6H2,(H,19,20)(H2,14,15,16,18). The zero-order valence-corrected chi connectivity index (χ0v) is 10.5. The van der Waals surface area contributed by atoms with E-state index in [4.69, 9.17) is 5.11 Å². The second-order valence-corrected chi connectivity index (χ2v) is 4.15. The number of carbonyl (C=O) groups excluding carboxylic acids is 1. The van der Waals surface area contributed by atoms with Gasteiger partial charge in [-0.1, -0.05) is 18.2 Å². The van der Waals surface area contributed by atoms with Crippen molar-refractivity contribution in [3.8, 4) is 5.75 Å². The average molecular weight is 275 g/mol. The molecular weight excluding hydrogens is 262 g/mol. The van der Waals surface area contributed by atoms with E-state index in [1.807, 2.05) is 0 Å². The Morgan fingerprint density at radius 3 is 2.70 bits per heavy atom. The second kappa shape index (κ2) is 5.87. The Kier molecular flexibility index (Phi) is 3.99. The quantitative estimate of drug-likeness (QED) is 0.658. The van der Waals surface area contributed by atoms with Crippen LogP contribution in [0.2, 0.25) is 0 Å². The van der Waals surface area contributed by atoms with Gasteiger partial charge in [0.25, 0.3) is 0 Å². The molecular formula is C13H13N3O4. The Balaban J connectivity index is 1.89. The third kappa shape index (κ3) is 3.35. The Hall–Kier alpha value is -2.83. The lowest BCUT2D eigenvalue weighted by Crippen LogP contribution is -2.12. The van der Waals surface area contributed by atoms with E-state index in [9.17, 15) is 14.7 Å². The summed E-state index contributed by atoms with van der Waals surface area (Å²) in [6.45, 7) is 0. The molecule has 0 bridgehead atoms. The molecule has 0 aliphatic heterocycles. The summed E-state index contributed by atoms with van der Waals surface area (Å²) >= 11 is 0. The molecule has 2 rings (SSSR count). The Morgan fingerprint density at radius 2 is 2.05 bits per heavy atom. The molecule has 0 radical (unpaired) electrons. The van der Waals surface area contributed by atoms with Crippen LogP contribution in [0, 0.1) is 0 Å². The number of rotatable bonds is 5. The minimum absolute atomic E-state index is 0.0963. The normalized spacial score (nSPS) is 10.2. The lowest BCUT2D eigenvalue weighted by atomic mass is 10.1. The second-order valence-electron chi connectivity index (χ2n) is 4.15. The van der Waals surface area contributed by atoms with Gasteiger partial charge in [-0.15, -0.1) is 0 Å². The van der Waals surface area contributed by atoms with Crippen molar-refractivity contribution in [3.05, 3.63) is 41.6 Å². The van der Waals surface area contributed by atoms with Crippen LogP contribution in [-0.2, 0) is 11.2 Å². The number of carboxylic acid groups (broad SMARTS) is 1. The van der Waals surface area contributed by atoms with Gasteiger partial charge in [-0.2, -0.15) is 5.10 Å². The number of anilines is 1. The molecule has 20 heavy (non-hydrogen) atoms. The number of aromatic nitrogens is 2. The number of aromatic hydroxyl groups is 1. The van der Waals surface area contributed by atoms with Gasteiger partial charge in [0, 0.05) is 12.5 Å². The number of aromatic amines is 1. The van der Waals surface area contributed by atoms with Gasteiger partial charge in [-0.05, 0) is 18.1 Å². The molecule has 1 heterocycles. The zero-order valence-electron chi connectivity index (χ0n) is 10.5. The molecule has 0 saturated carbocycles. The number of phenolic OH excluding ortho intramolecular Hbond substituents is 1. The van der Waals surface area contributed by atoms with E-state index in [1.165, 1.54) is 6.07 Å². The Bertz CT molecular complexity index is 636. The van der Waals surface area contributed by atoms with Gasteiger partial charge in [0.2, 0.25) is 5.91 Å². The predicted octanol–water partition coefficient (Wildman–Crippen LogP) is 1.38. The minimum Gasteiger partial charge on any atom is -0.508 e. The van der Waals surface area contributed by atoms with Gasteiger partial charge < -0.3 is 15.5 Å². The van der Waals surface area contributed by atoms with Crippen LogP contribution >= 0.6 is 0 Å². The average Bonchev–Trinajstić information content (AvgIpc) is 2.86. The summed E-state index contributed by atoms with van der Waals surface area (Å²) in [7, 11) is 0. The highest BCUT2D eigenvalue weighted by molar-refractivity contribution is 5.92. The van der Waals surface area contributed by atoms with Crippen LogP contribution in [0.3, 0.4) is 0 Å². The molecule has 0 atom stereocenters. The Morgan fingerprint density at radius 1 is 1.30 bits per heavy atom. The van der Waals surface area contributed by atoms with E-state index in [2.05, 4.69) is 15.5 Å². The molecule has 4 N–H and O–H groups in total. The van der Waals surface area contributed by atoms with Crippen molar-refractivity contribution >= 4 is 17.7 Å². The number of nitrogens with one attached hydrogen (secondary N) is 2. The first kappa shape index (κ1) is 13.6. The molecule has 0 fully saturated rings. The maximum absolute atomic E-state index is 11.7. The molecule has 0 aliphatic carbocycles. The highest BCUT2D eigenvalue weighted by atomic mass is 16.4. The third-order valence-electron chi connectivity index (χ3n) is 2.69. The molecule has 0 spiro atoms. The van der Waals surface area contributed by atoms with Gasteiger partial charge in [-0.3, -0.25) is 9.89 Å². The minimum atomic E-state index is -1.15. The van der Waals surface area contributed by atoms with Gasteiger partial charge in [0.1, 0.15) is 11.4 Å². The zero-order chi connectivity index (χ0) is 14.5. The smallest absolute Gasteiger partial charge is 0.353 e. The highest BCUT2D eigenvalue weighted by Crippen LogP contribution is 2.17. The van der Waals surface area contributed by atoms with Crippen LogP contribution in [0.1, 0.15) is 22.5 Å². The molecule has 104 valence electrons. The number of H-pyrrole nitrogens is 1. The lowest BCUT2D eigenvalue weighted by Gasteiger charge is -2.04. The summed E-state index contributed by atoms with van der Waals surface area (Å²) in [5.74, 6) is -1.15. The third-order valence-corrected chi connectivity index (χ3v) is 2.69. The van der Waals surface area contributed by atoms with Crippen molar-refractivity contribution in [2.45, 2.75) is 12.8 Å². The van der Waals surface area contributed by atoms with Gasteiger partial charge >= 0.3 is 5.97 Å². The molecule has 7 heteroatoms. The van der Waals surface area contributed by atoms with Gasteiger partial charge in [0.05, 0.1) is 0 Å². The largest absolute Gasteiger partial charge is 0.508 e. The Labute approximate surface area is 114 Å². The first-order chi connectivity index (χ1) is 9.56. The summed E-state index contributed by atoms with van der Waals surface area (Å²) in [4.78, 5) is 22.3. The number of aromatic carboxylic acids is 1. The fourth-order valence-electron chi connectivity index (χ4n) is 1.67. The molecule has 1 amide bonds. The molecule has 0 unspecified atom stereocenters. The number of carbonyl (C=O) groups is 2. The van der Waals surface area contributed by atoms with Crippen molar-refractivity contribution < 1.29 is 19.8 Å². The SMILES string of the molecule is O=C(CCc1ccccc1O)Nc1cc(C(=O)O)[nH]n1. The van der Waals surface area contributed by atoms with Crippen molar-refractivity contribution in [2.24, 2.45) is 0 Å². The van der Waals surface area contributed by atoms with Crippen molar-refractivity contribution in [2.75, 3.05) is 5.32 Å². The van der Waals surface area contributed by atoms with Crippen LogP contribution < -0.4 is 5.32 Å². The maximum Gasteiger partial charge on any atom is 0.353 e. The van der Waals surface area contributed by atoms with E-state index in [0.717, 1.165) is 0 Å². The van der Waals surface area contributed by atoms with Gasteiger partial charge in [-0.25, -0.2) is 4.79 Å². The summed E-state index contributed by atoms with van der Waals surface area (Å²) in [5.41, 5.74) is 0.580. The molecule has 2 aromatic rings. The number of phenols is 1. The number of para-hydroxylation sites is 1. The van der Waals surface area contributed by atoms with Crippen LogP contribution in [0.15, 0.2) is 30.3 Å². The molecule has 7 nitrogen and oxygen atoms in total. The lowest BCUT2D eigenvalue weighted by molar-refractivity contribution is -0.116. The number of hydrogen-bond acceptors (Lipinski definition) is 4. The molecule has 1 aromatic heterocycles. The van der Waals surface area contributed by atoms with Crippen LogP contribution in [0.25, 0.3) is 0 Å². The highest BCUT2D eigenvalue weighted by Gasteiger charge is 2.10. The number of hydrogen-bond donors (Lipinski definition) is 4. The van der Waals surface area contributed by atoms with E-state index in [1.54, 1.807) is 24.3 Å². The number of carboxylic acids is 1. The first-order valence-electron chi connectivity index (χ1n) is 5.91. The van der Waals surface area contributed by atoms with Crippen LogP contribution in [0.4, 0.5) is 5.82 Å². The molecule has 0 aliphatic rings.